The summed E-state index contributed by atoms with van der Waals surface area (Å²) in [5.74, 6) is 1.18. The molecule has 0 spiro atoms. The molecule has 0 aliphatic carbocycles. The van der Waals surface area contributed by atoms with Gasteiger partial charge in [-0.2, -0.15) is 0 Å². The Morgan fingerprint density at radius 2 is 2.46 bits per heavy atom. The van der Waals surface area contributed by atoms with E-state index < -0.39 is 0 Å². The Balaban J connectivity index is 2.58. The van der Waals surface area contributed by atoms with Crippen LogP contribution in [0, 0.1) is 0 Å². The predicted octanol–water partition coefficient (Wildman–Crippen LogP) is 1.49. The molecule has 0 fully saturated rings. The molecule has 0 bridgehead atoms. The molecule has 0 aromatic carbocycles. The normalized spacial score (nSPS) is 10.2. The van der Waals surface area contributed by atoms with Gasteiger partial charge >= 0.3 is 0 Å². The van der Waals surface area contributed by atoms with E-state index in [4.69, 9.17) is 4.42 Å². The molecule has 0 aliphatic heterocycles. The summed E-state index contributed by atoms with van der Waals surface area (Å²) in [6.45, 7) is 0. The van der Waals surface area contributed by atoms with Crippen LogP contribution in [0.1, 0.15) is 10.4 Å². The van der Waals surface area contributed by atoms with Gasteiger partial charge in [-0.05, 0) is 6.07 Å². The molecule has 0 saturated carbocycles. The lowest BCUT2D eigenvalue weighted by Crippen LogP contribution is -1.92. The zero-order chi connectivity index (χ0) is 9.26. The van der Waals surface area contributed by atoms with Gasteiger partial charge in [-0.15, -0.1) is 0 Å². The maximum absolute atomic E-state index is 10.6. The summed E-state index contributed by atoms with van der Waals surface area (Å²) >= 11 is 0. The van der Waals surface area contributed by atoms with Crippen LogP contribution in [-0.2, 0) is 7.05 Å². The van der Waals surface area contributed by atoms with Gasteiger partial charge in [0.25, 0.3) is 0 Å². The minimum Gasteiger partial charge on any atom is -0.460 e. The second-order valence-electron chi connectivity index (χ2n) is 2.68. The van der Waals surface area contributed by atoms with Crippen molar-refractivity contribution in [3.05, 3.63) is 30.3 Å². The molecule has 4 nitrogen and oxygen atoms in total. The molecule has 2 heterocycles. The summed E-state index contributed by atoms with van der Waals surface area (Å²) in [6.07, 6.45) is 5.69. The second kappa shape index (κ2) is 2.90. The Hall–Kier alpha value is -1.84. The summed E-state index contributed by atoms with van der Waals surface area (Å²) in [6, 6.07) is 1.62. The van der Waals surface area contributed by atoms with Gasteiger partial charge in [-0.1, -0.05) is 0 Å². The van der Waals surface area contributed by atoms with E-state index in [0.29, 0.717) is 17.1 Å². The highest BCUT2D eigenvalue weighted by Crippen LogP contribution is 2.20. The average molecular weight is 176 g/mol. The van der Waals surface area contributed by atoms with Crippen molar-refractivity contribution in [2.75, 3.05) is 0 Å². The molecule has 0 atom stereocenters. The van der Waals surface area contributed by atoms with Crippen molar-refractivity contribution in [3.63, 3.8) is 0 Å². The zero-order valence-electron chi connectivity index (χ0n) is 7.10. The lowest BCUT2D eigenvalue weighted by Gasteiger charge is -1.97. The highest BCUT2D eigenvalue weighted by molar-refractivity contribution is 5.83. The van der Waals surface area contributed by atoms with E-state index >= 15 is 0 Å². The van der Waals surface area contributed by atoms with Crippen LogP contribution < -0.4 is 0 Å². The standard InChI is InChI=1S/C9H8N2O2/c1-11-4-3-10-9(11)8-7(6-12)2-5-13-8/h2-6H,1H3. The number of rotatable bonds is 2. The monoisotopic (exact) mass is 176 g/mol. The highest BCUT2D eigenvalue weighted by Gasteiger charge is 2.11. The fraction of sp³-hybridized carbons (Fsp3) is 0.111. The van der Waals surface area contributed by atoms with E-state index in [1.165, 1.54) is 6.26 Å². The van der Waals surface area contributed by atoms with Crippen LogP contribution >= 0.6 is 0 Å². The van der Waals surface area contributed by atoms with E-state index in [1.54, 1.807) is 23.0 Å². The molecule has 0 unspecified atom stereocenters. The molecule has 0 N–H and O–H groups in total. The molecule has 2 aromatic heterocycles. The lowest BCUT2D eigenvalue weighted by molar-refractivity contribution is 0.112. The van der Waals surface area contributed by atoms with Crippen LogP contribution in [0.3, 0.4) is 0 Å². The number of nitrogens with zero attached hydrogens (tertiary/aromatic N) is 2. The molecule has 2 rings (SSSR count). The number of aromatic nitrogens is 2. The van der Waals surface area contributed by atoms with Gasteiger partial charge in [-0.3, -0.25) is 4.79 Å². The van der Waals surface area contributed by atoms with Crippen LogP contribution in [0.5, 0.6) is 0 Å². The number of carbonyl (C=O) groups is 1. The third kappa shape index (κ3) is 1.16. The number of hydrogen-bond acceptors (Lipinski definition) is 3. The third-order valence-electron chi connectivity index (χ3n) is 1.85. The number of carbonyl (C=O) groups excluding carboxylic acids is 1. The molecule has 66 valence electrons. The molecule has 2 aromatic rings. The first-order chi connectivity index (χ1) is 6.33. The topological polar surface area (TPSA) is 48.0 Å². The van der Waals surface area contributed by atoms with Crippen LogP contribution in [0.25, 0.3) is 11.6 Å². The number of aldehydes is 1. The maximum Gasteiger partial charge on any atom is 0.179 e. The van der Waals surface area contributed by atoms with Crippen LogP contribution in [0.2, 0.25) is 0 Å². The van der Waals surface area contributed by atoms with Crippen molar-refractivity contribution in [2.45, 2.75) is 0 Å². The first-order valence-corrected chi connectivity index (χ1v) is 3.83. The summed E-state index contributed by atoms with van der Waals surface area (Å²) in [5, 5.41) is 0. The van der Waals surface area contributed by atoms with Gasteiger partial charge in [0.2, 0.25) is 0 Å². The van der Waals surface area contributed by atoms with E-state index in [2.05, 4.69) is 4.98 Å². The maximum atomic E-state index is 10.6. The van der Waals surface area contributed by atoms with Crippen molar-refractivity contribution >= 4 is 6.29 Å². The molecular formula is C9H8N2O2. The Kier molecular flexibility index (Phi) is 1.73. The summed E-state index contributed by atoms with van der Waals surface area (Å²) in [5.41, 5.74) is 0.523. The minimum atomic E-state index is 0.516. The number of furan rings is 1. The molecule has 13 heavy (non-hydrogen) atoms. The molecule has 0 radical (unpaired) electrons. The molecule has 4 heteroatoms. The van der Waals surface area contributed by atoms with E-state index in [1.807, 2.05) is 7.05 Å². The first kappa shape index (κ1) is 7.79. The summed E-state index contributed by atoms with van der Waals surface area (Å²) in [4.78, 5) is 14.7. The highest BCUT2D eigenvalue weighted by atomic mass is 16.3. The zero-order valence-corrected chi connectivity index (χ0v) is 7.10. The second-order valence-corrected chi connectivity index (χ2v) is 2.68. The van der Waals surface area contributed by atoms with Crippen LogP contribution in [0.4, 0.5) is 0 Å². The summed E-state index contributed by atoms with van der Waals surface area (Å²) < 4.78 is 6.96. The number of hydrogen-bond donors (Lipinski definition) is 0. The van der Waals surface area contributed by atoms with E-state index in [-0.39, 0.29) is 0 Å². The predicted molar refractivity (Wildman–Crippen MR) is 46.3 cm³/mol. The van der Waals surface area contributed by atoms with Crippen LogP contribution in [0.15, 0.2) is 29.1 Å². The van der Waals surface area contributed by atoms with Crippen molar-refractivity contribution in [3.8, 4) is 11.6 Å². The Labute approximate surface area is 74.8 Å². The molecule has 0 amide bonds. The molecule has 0 aliphatic rings. The van der Waals surface area contributed by atoms with E-state index in [9.17, 15) is 4.79 Å². The third-order valence-corrected chi connectivity index (χ3v) is 1.85. The van der Waals surface area contributed by atoms with Gasteiger partial charge in [-0.25, -0.2) is 4.98 Å². The largest absolute Gasteiger partial charge is 0.460 e. The smallest absolute Gasteiger partial charge is 0.179 e. The van der Waals surface area contributed by atoms with Gasteiger partial charge in [0.1, 0.15) is 0 Å². The fourth-order valence-electron chi connectivity index (χ4n) is 1.18. The van der Waals surface area contributed by atoms with Gasteiger partial charge < -0.3 is 8.98 Å². The number of imidazole rings is 1. The van der Waals surface area contributed by atoms with Crippen molar-refractivity contribution in [1.82, 2.24) is 9.55 Å². The quantitative estimate of drug-likeness (QED) is 0.651. The van der Waals surface area contributed by atoms with Gasteiger partial charge in [0.15, 0.2) is 17.9 Å². The average Bonchev–Trinajstić information content (AvgIpc) is 2.71. The Bertz CT molecular complexity index is 428. The van der Waals surface area contributed by atoms with Crippen molar-refractivity contribution < 1.29 is 9.21 Å². The Morgan fingerprint density at radius 1 is 1.62 bits per heavy atom. The minimum absolute atomic E-state index is 0.516. The lowest BCUT2D eigenvalue weighted by atomic mass is 10.2. The fourth-order valence-corrected chi connectivity index (χ4v) is 1.18. The first-order valence-electron chi connectivity index (χ1n) is 3.83. The molecule has 0 saturated heterocycles. The van der Waals surface area contributed by atoms with Crippen LogP contribution in [-0.4, -0.2) is 15.8 Å². The van der Waals surface area contributed by atoms with Crippen molar-refractivity contribution in [1.29, 1.82) is 0 Å². The van der Waals surface area contributed by atoms with Crippen molar-refractivity contribution in [2.24, 2.45) is 7.05 Å². The van der Waals surface area contributed by atoms with E-state index in [0.717, 1.165) is 6.29 Å². The van der Waals surface area contributed by atoms with Gasteiger partial charge in [0, 0.05) is 19.4 Å². The number of aryl methyl sites for hydroxylation is 1. The SMILES string of the molecule is Cn1ccnc1-c1occc1C=O. The van der Waals surface area contributed by atoms with Gasteiger partial charge in [0.05, 0.1) is 11.8 Å². The molecular weight excluding hydrogens is 168 g/mol. The summed E-state index contributed by atoms with van der Waals surface area (Å²) in [7, 11) is 1.85. The Morgan fingerprint density at radius 3 is 3.08 bits per heavy atom.